The van der Waals surface area contributed by atoms with E-state index in [4.69, 9.17) is 4.42 Å². The van der Waals surface area contributed by atoms with Crippen LogP contribution in [-0.4, -0.2) is 16.8 Å². The molecule has 1 atom stereocenters. The highest BCUT2D eigenvalue weighted by Gasteiger charge is 2.14. The predicted molar refractivity (Wildman–Crippen MR) is 62.2 cm³/mol. The molecular formula is C12H17N3O. The lowest BCUT2D eigenvalue weighted by molar-refractivity contribution is 0.412. The second-order valence-corrected chi connectivity index (χ2v) is 3.97. The van der Waals surface area contributed by atoms with E-state index in [2.05, 4.69) is 10.4 Å². The first kappa shape index (κ1) is 11.0. The second-order valence-electron chi connectivity index (χ2n) is 3.97. The van der Waals surface area contributed by atoms with Gasteiger partial charge in [-0.1, -0.05) is 0 Å². The Morgan fingerprint density at radius 3 is 2.75 bits per heavy atom. The number of aryl methyl sites for hydroxylation is 2. The summed E-state index contributed by atoms with van der Waals surface area (Å²) in [5.74, 6) is 1.90. The van der Waals surface area contributed by atoms with Gasteiger partial charge in [0.1, 0.15) is 11.5 Å². The Hall–Kier alpha value is -1.55. The van der Waals surface area contributed by atoms with Crippen molar-refractivity contribution in [3.63, 3.8) is 0 Å². The van der Waals surface area contributed by atoms with Gasteiger partial charge in [-0.2, -0.15) is 5.10 Å². The summed E-state index contributed by atoms with van der Waals surface area (Å²) >= 11 is 0. The zero-order valence-electron chi connectivity index (χ0n) is 9.90. The molecule has 16 heavy (non-hydrogen) atoms. The van der Waals surface area contributed by atoms with Crippen molar-refractivity contribution in [3.05, 3.63) is 41.6 Å². The fourth-order valence-electron chi connectivity index (χ4n) is 1.77. The van der Waals surface area contributed by atoms with Crippen molar-refractivity contribution < 1.29 is 4.42 Å². The van der Waals surface area contributed by atoms with E-state index < -0.39 is 0 Å². The normalized spacial score (nSPS) is 12.9. The lowest BCUT2D eigenvalue weighted by Gasteiger charge is -2.11. The van der Waals surface area contributed by atoms with E-state index in [1.807, 2.05) is 50.1 Å². The van der Waals surface area contributed by atoms with Gasteiger partial charge in [-0.15, -0.1) is 0 Å². The molecule has 2 rings (SSSR count). The Bertz CT molecular complexity index is 458. The number of nitrogens with one attached hydrogen (secondary N) is 1. The van der Waals surface area contributed by atoms with Crippen molar-refractivity contribution in [2.24, 2.45) is 7.05 Å². The molecular weight excluding hydrogens is 202 g/mol. The fourth-order valence-corrected chi connectivity index (χ4v) is 1.77. The molecule has 2 heterocycles. The highest BCUT2D eigenvalue weighted by Crippen LogP contribution is 2.19. The number of furan rings is 1. The van der Waals surface area contributed by atoms with Crippen LogP contribution in [0.15, 0.2) is 28.8 Å². The standard InChI is InChI=1S/C12H17N3O/c1-9-4-5-12(16-9)11(13-2)8-10-6-7-15(3)14-10/h4-7,11,13H,8H2,1-3H3. The molecule has 2 aromatic heterocycles. The minimum atomic E-state index is 0.184. The van der Waals surface area contributed by atoms with Gasteiger partial charge in [-0.3, -0.25) is 4.68 Å². The minimum absolute atomic E-state index is 0.184. The summed E-state index contributed by atoms with van der Waals surface area (Å²) < 4.78 is 7.43. The molecule has 4 heteroatoms. The third-order valence-corrected chi connectivity index (χ3v) is 2.64. The first-order valence-corrected chi connectivity index (χ1v) is 5.41. The van der Waals surface area contributed by atoms with Gasteiger partial charge in [-0.25, -0.2) is 0 Å². The molecule has 0 bridgehead atoms. The van der Waals surface area contributed by atoms with Crippen LogP contribution in [0, 0.1) is 6.92 Å². The number of rotatable bonds is 4. The van der Waals surface area contributed by atoms with Gasteiger partial charge in [0.05, 0.1) is 11.7 Å². The van der Waals surface area contributed by atoms with Gasteiger partial charge in [0.25, 0.3) is 0 Å². The Morgan fingerprint density at radius 2 is 2.25 bits per heavy atom. The highest BCUT2D eigenvalue weighted by molar-refractivity contribution is 5.13. The minimum Gasteiger partial charge on any atom is -0.465 e. The van der Waals surface area contributed by atoms with Crippen LogP contribution in [0.1, 0.15) is 23.3 Å². The van der Waals surface area contributed by atoms with Crippen LogP contribution in [0.25, 0.3) is 0 Å². The van der Waals surface area contributed by atoms with Gasteiger partial charge in [0, 0.05) is 19.7 Å². The zero-order valence-corrected chi connectivity index (χ0v) is 9.90. The molecule has 0 saturated heterocycles. The maximum atomic E-state index is 5.62. The van der Waals surface area contributed by atoms with Crippen molar-refractivity contribution in [3.8, 4) is 0 Å². The SMILES string of the molecule is CNC(Cc1ccn(C)n1)c1ccc(C)o1. The summed E-state index contributed by atoms with van der Waals surface area (Å²) in [6.45, 7) is 1.96. The Balaban J connectivity index is 2.12. The van der Waals surface area contributed by atoms with E-state index in [0.29, 0.717) is 0 Å². The van der Waals surface area contributed by atoms with Gasteiger partial charge in [0.15, 0.2) is 0 Å². The van der Waals surface area contributed by atoms with Crippen LogP contribution in [0.4, 0.5) is 0 Å². The van der Waals surface area contributed by atoms with Gasteiger partial charge in [-0.05, 0) is 32.2 Å². The monoisotopic (exact) mass is 219 g/mol. The molecule has 1 unspecified atom stereocenters. The van der Waals surface area contributed by atoms with E-state index >= 15 is 0 Å². The first-order valence-electron chi connectivity index (χ1n) is 5.41. The molecule has 0 aliphatic carbocycles. The Labute approximate surface area is 95.3 Å². The maximum Gasteiger partial charge on any atom is 0.121 e. The Kier molecular flexibility index (Phi) is 3.10. The van der Waals surface area contributed by atoms with Crippen molar-refractivity contribution in [1.82, 2.24) is 15.1 Å². The molecule has 0 spiro atoms. The summed E-state index contributed by atoms with van der Waals surface area (Å²) in [7, 11) is 3.86. The molecule has 0 aromatic carbocycles. The first-order chi connectivity index (χ1) is 7.69. The summed E-state index contributed by atoms with van der Waals surface area (Å²) in [6.07, 6.45) is 2.79. The molecule has 0 aliphatic rings. The van der Waals surface area contributed by atoms with E-state index in [1.165, 1.54) is 0 Å². The molecule has 0 fully saturated rings. The fraction of sp³-hybridized carbons (Fsp3) is 0.417. The topological polar surface area (TPSA) is 43.0 Å². The molecule has 4 nitrogen and oxygen atoms in total. The van der Waals surface area contributed by atoms with Crippen molar-refractivity contribution in [1.29, 1.82) is 0 Å². The third kappa shape index (κ3) is 2.33. The highest BCUT2D eigenvalue weighted by atomic mass is 16.3. The summed E-state index contributed by atoms with van der Waals surface area (Å²) in [6, 6.07) is 6.21. The smallest absolute Gasteiger partial charge is 0.121 e. The maximum absolute atomic E-state index is 5.62. The van der Waals surface area contributed by atoms with E-state index in [0.717, 1.165) is 23.6 Å². The van der Waals surface area contributed by atoms with E-state index in [9.17, 15) is 0 Å². The summed E-state index contributed by atoms with van der Waals surface area (Å²) in [4.78, 5) is 0. The third-order valence-electron chi connectivity index (χ3n) is 2.64. The molecule has 86 valence electrons. The van der Waals surface area contributed by atoms with Crippen molar-refractivity contribution >= 4 is 0 Å². The number of hydrogen-bond donors (Lipinski definition) is 1. The van der Waals surface area contributed by atoms with Crippen molar-refractivity contribution in [2.75, 3.05) is 7.05 Å². The number of likely N-dealkylation sites (N-methyl/N-ethyl adjacent to an activating group) is 1. The molecule has 0 saturated carbocycles. The number of aromatic nitrogens is 2. The van der Waals surface area contributed by atoms with Gasteiger partial charge < -0.3 is 9.73 Å². The zero-order chi connectivity index (χ0) is 11.5. The lowest BCUT2D eigenvalue weighted by atomic mass is 10.1. The molecule has 1 N–H and O–H groups in total. The van der Waals surface area contributed by atoms with Crippen LogP contribution in [-0.2, 0) is 13.5 Å². The largest absolute Gasteiger partial charge is 0.465 e. The van der Waals surface area contributed by atoms with Crippen LogP contribution in [0.2, 0.25) is 0 Å². The number of nitrogens with zero attached hydrogens (tertiary/aromatic N) is 2. The van der Waals surface area contributed by atoms with Gasteiger partial charge >= 0.3 is 0 Å². The lowest BCUT2D eigenvalue weighted by Crippen LogP contribution is -2.18. The van der Waals surface area contributed by atoms with Crippen LogP contribution < -0.4 is 5.32 Å². The summed E-state index contributed by atoms with van der Waals surface area (Å²) in [5, 5.41) is 7.61. The van der Waals surface area contributed by atoms with Crippen molar-refractivity contribution in [2.45, 2.75) is 19.4 Å². The molecule has 0 aliphatic heterocycles. The van der Waals surface area contributed by atoms with E-state index in [-0.39, 0.29) is 6.04 Å². The number of hydrogen-bond acceptors (Lipinski definition) is 3. The summed E-state index contributed by atoms with van der Waals surface area (Å²) in [5.41, 5.74) is 1.07. The van der Waals surface area contributed by atoms with Gasteiger partial charge in [0.2, 0.25) is 0 Å². The van der Waals surface area contributed by atoms with E-state index in [1.54, 1.807) is 0 Å². The van der Waals surface area contributed by atoms with Crippen LogP contribution in [0.3, 0.4) is 0 Å². The van der Waals surface area contributed by atoms with Crippen LogP contribution in [0.5, 0.6) is 0 Å². The molecule has 2 aromatic rings. The predicted octanol–water partition coefficient (Wildman–Crippen LogP) is 1.82. The van der Waals surface area contributed by atoms with Crippen LogP contribution >= 0.6 is 0 Å². The Morgan fingerprint density at radius 1 is 1.44 bits per heavy atom. The average molecular weight is 219 g/mol. The second kappa shape index (κ2) is 4.53. The average Bonchev–Trinajstić information content (AvgIpc) is 2.84. The quantitative estimate of drug-likeness (QED) is 0.853. The molecule has 0 amide bonds. The molecule has 0 radical (unpaired) electrons.